The van der Waals surface area contributed by atoms with E-state index in [1.165, 1.54) is 12.8 Å². The van der Waals surface area contributed by atoms with Crippen molar-refractivity contribution < 1.29 is 18.7 Å². The van der Waals surface area contributed by atoms with Gasteiger partial charge >= 0.3 is 0 Å². The summed E-state index contributed by atoms with van der Waals surface area (Å²) in [5.41, 5.74) is 2.28. The van der Waals surface area contributed by atoms with E-state index in [0.29, 0.717) is 24.5 Å². The molecule has 1 amide bonds. The van der Waals surface area contributed by atoms with Gasteiger partial charge in [-0.25, -0.2) is 4.98 Å². The molecule has 158 valence electrons. The summed E-state index contributed by atoms with van der Waals surface area (Å²) in [6, 6.07) is 7.60. The molecule has 0 radical (unpaired) electrons. The quantitative estimate of drug-likeness (QED) is 0.546. The minimum atomic E-state index is -0.412. The van der Waals surface area contributed by atoms with Gasteiger partial charge in [-0.05, 0) is 50.6 Å². The number of pyridine rings is 1. The van der Waals surface area contributed by atoms with Crippen LogP contribution in [-0.4, -0.2) is 55.4 Å². The van der Waals surface area contributed by atoms with E-state index in [9.17, 15) is 9.59 Å². The Morgan fingerprint density at radius 3 is 2.90 bits per heavy atom. The summed E-state index contributed by atoms with van der Waals surface area (Å²) in [6.07, 6.45) is 5.75. The average molecular weight is 409 g/mol. The van der Waals surface area contributed by atoms with E-state index in [4.69, 9.17) is 9.15 Å². The van der Waals surface area contributed by atoms with Crippen LogP contribution in [-0.2, 0) is 9.59 Å². The summed E-state index contributed by atoms with van der Waals surface area (Å²) in [7, 11) is 1.59. The monoisotopic (exact) mass is 409 g/mol. The number of carbonyl (C=O) groups excluding carboxylic acids is 2. The van der Waals surface area contributed by atoms with Crippen LogP contribution in [0, 0.1) is 0 Å². The van der Waals surface area contributed by atoms with E-state index in [1.54, 1.807) is 13.3 Å². The Morgan fingerprint density at radius 2 is 2.13 bits per heavy atom. The lowest BCUT2D eigenvalue weighted by Gasteiger charge is -2.14. The summed E-state index contributed by atoms with van der Waals surface area (Å²) in [6.45, 7) is 3.82. The lowest BCUT2D eigenvalue weighted by atomic mass is 9.93. The minimum Gasteiger partial charge on any atom is -0.476 e. The first kappa shape index (κ1) is 20.3. The molecule has 1 aliphatic rings. The maximum Gasteiger partial charge on any atom is 0.219 e. The minimum absolute atomic E-state index is 0.0862. The maximum absolute atomic E-state index is 11.8. The number of ether oxygens (including phenoxy) is 1. The highest BCUT2D eigenvalue weighted by atomic mass is 16.5. The molecule has 1 N–H and O–H groups in total. The van der Waals surface area contributed by atoms with E-state index in [0.717, 1.165) is 47.8 Å². The molecule has 0 bridgehead atoms. The van der Waals surface area contributed by atoms with Crippen LogP contribution in [0.2, 0.25) is 0 Å². The average Bonchev–Trinajstić information content (AvgIpc) is 3.44. The number of rotatable bonds is 9. The molecule has 0 saturated carbocycles. The Kier molecular flexibility index (Phi) is 6.28. The Hall–Kier alpha value is -2.93. The molecule has 3 aromatic rings. The molecule has 1 aliphatic heterocycles. The van der Waals surface area contributed by atoms with Crippen LogP contribution in [0.3, 0.4) is 0 Å². The van der Waals surface area contributed by atoms with Crippen LogP contribution in [0.4, 0.5) is 0 Å². The Balaban J connectivity index is 1.56. The highest BCUT2D eigenvalue weighted by Crippen LogP contribution is 2.35. The molecule has 3 heterocycles. The van der Waals surface area contributed by atoms with Crippen molar-refractivity contribution >= 4 is 34.1 Å². The maximum atomic E-state index is 11.8. The molecular formula is C23H27N3O4. The fourth-order valence-electron chi connectivity index (χ4n) is 4.09. The normalized spacial score (nSPS) is 15.5. The summed E-state index contributed by atoms with van der Waals surface area (Å²) in [4.78, 5) is 30.4. The number of furan rings is 1. The van der Waals surface area contributed by atoms with Crippen LogP contribution >= 0.6 is 0 Å². The molecule has 1 aromatic carbocycles. The number of fused-ring (bicyclic) bond motifs is 3. The Bertz CT molecular complexity index is 1040. The van der Waals surface area contributed by atoms with Crippen LogP contribution in [0.5, 0.6) is 5.88 Å². The van der Waals surface area contributed by atoms with Crippen molar-refractivity contribution in [2.45, 2.75) is 31.6 Å². The van der Waals surface area contributed by atoms with Crippen LogP contribution in [0.15, 0.2) is 34.9 Å². The van der Waals surface area contributed by atoms with Gasteiger partial charge in [0.25, 0.3) is 0 Å². The van der Waals surface area contributed by atoms with Crippen molar-refractivity contribution in [3.63, 3.8) is 0 Å². The van der Waals surface area contributed by atoms with Gasteiger partial charge in [-0.15, -0.1) is 0 Å². The largest absolute Gasteiger partial charge is 0.476 e. The van der Waals surface area contributed by atoms with Crippen LogP contribution in [0.25, 0.3) is 21.9 Å². The molecule has 7 nitrogen and oxygen atoms in total. The van der Waals surface area contributed by atoms with Gasteiger partial charge < -0.3 is 19.3 Å². The van der Waals surface area contributed by atoms with Gasteiger partial charge in [0.15, 0.2) is 0 Å². The zero-order valence-electron chi connectivity index (χ0n) is 17.2. The number of aromatic nitrogens is 1. The number of benzene rings is 1. The van der Waals surface area contributed by atoms with E-state index in [-0.39, 0.29) is 12.3 Å². The molecule has 2 aromatic heterocycles. The zero-order valence-corrected chi connectivity index (χ0v) is 17.2. The summed E-state index contributed by atoms with van der Waals surface area (Å²) in [5, 5.41) is 4.38. The fraction of sp³-hybridized carbons (Fsp3) is 0.435. The second kappa shape index (κ2) is 9.26. The van der Waals surface area contributed by atoms with Gasteiger partial charge in [-0.2, -0.15) is 0 Å². The zero-order chi connectivity index (χ0) is 20.9. The smallest absolute Gasteiger partial charge is 0.219 e. The highest BCUT2D eigenvalue weighted by Gasteiger charge is 2.20. The van der Waals surface area contributed by atoms with Gasteiger partial charge in [0, 0.05) is 48.3 Å². The number of hydrogen-bond acceptors (Lipinski definition) is 6. The lowest BCUT2D eigenvalue weighted by molar-refractivity contribution is -0.120. The highest BCUT2D eigenvalue weighted by molar-refractivity contribution is 6.07. The van der Waals surface area contributed by atoms with Gasteiger partial charge in [0.05, 0.1) is 11.8 Å². The third-order valence-corrected chi connectivity index (χ3v) is 5.79. The van der Waals surface area contributed by atoms with E-state index in [1.807, 2.05) is 24.3 Å². The van der Waals surface area contributed by atoms with E-state index < -0.39 is 5.92 Å². The predicted octanol–water partition coefficient (Wildman–Crippen LogP) is 3.26. The number of amides is 1. The molecule has 1 unspecified atom stereocenters. The molecule has 0 aliphatic carbocycles. The Morgan fingerprint density at radius 1 is 1.30 bits per heavy atom. The molecule has 30 heavy (non-hydrogen) atoms. The van der Waals surface area contributed by atoms with Gasteiger partial charge in [0.2, 0.25) is 11.8 Å². The SMILES string of the molecule is CNC(=O)CCC(C=O)c1coc2ccc3nc(OCCN4CCCC4)ccc3c12. The third kappa shape index (κ3) is 4.31. The predicted molar refractivity (Wildman–Crippen MR) is 115 cm³/mol. The van der Waals surface area contributed by atoms with Crippen molar-refractivity contribution in [2.24, 2.45) is 0 Å². The lowest BCUT2D eigenvalue weighted by Crippen LogP contribution is -2.25. The molecule has 1 atom stereocenters. The van der Waals surface area contributed by atoms with Crippen molar-refractivity contribution in [1.82, 2.24) is 15.2 Å². The second-order valence-electron chi connectivity index (χ2n) is 7.70. The summed E-state index contributed by atoms with van der Waals surface area (Å²) in [5.74, 6) is 0.0973. The standard InChI is InChI=1S/C23H27N3O4/c1-24-21(28)8-4-16(14-27)18-15-30-20-7-6-19-17(23(18)20)5-9-22(25-19)29-13-12-26-10-2-3-11-26/h5-7,9,14-16H,2-4,8,10-13H2,1H3,(H,24,28). The van der Waals surface area contributed by atoms with Gasteiger partial charge in [-0.3, -0.25) is 9.69 Å². The first-order valence-corrected chi connectivity index (χ1v) is 10.5. The van der Waals surface area contributed by atoms with E-state index in [2.05, 4.69) is 15.2 Å². The molecular weight excluding hydrogens is 382 g/mol. The molecule has 4 rings (SSSR count). The van der Waals surface area contributed by atoms with Crippen LogP contribution in [0.1, 0.15) is 37.2 Å². The molecule has 1 fully saturated rings. The first-order chi connectivity index (χ1) is 14.7. The number of hydrogen-bond donors (Lipinski definition) is 1. The van der Waals surface area contributed by atoms with Crippen LogP contribution < -0.4 is 10.1 Å². The Labute approximate surface area is 175 Å². The fourth-order valence-corrected chi connectivity index (χ4v) is 4.09. The van der Waals surface area contributed by atoms with Gasteiger partial charge in [0.1, 0.15) is 18.5 Å². The first-order valence-electron chi connectivity index (χ1n) is 10.5. The topological polar surface area (TPSA) is 84.7 Å². The van der Waals surface area contributed by atoms with Crippen molar-refractivity contribution in [2.75, 3.05) is 33.3 Å². The molecule has 7 heteroatoms. The molecule has 0 spiro atoms. The number of nitrogens with zero attached hydrogens (tertiary/aromatic N) is 2. The van der Waals surface area contributed by atoms with Crippen molar-refractivity contribution in [1.29, 1.82) is 0 Å². The van der Waals surface area contributed by atoms with Gasteiger partial charge in [-0.1, -0.05) is 0 Å². The molecule has 1 saturated heterocycles. The van der Waals surface area contributed by atoms with E-state index >= 15 is 0 Å². The number of nitrogens with one attached hydrogen (secondary N) is 1. The number of likely N-dealkylation sites (tertiary alicyclic amines) is 1. The summed E-state index contributed by atoms with van der Waals surface area (Å²) < 4.78 is 11.6. The number of carbonyl (C=O) groups is 2. The summed E-state index contributed by atoms with van der Waals surface area (Å²) >= 11 is 0. The van der Waals surface area contributed by atoms with Crippen molar-refractivity contribution in [3.8, 4) is 5.88 Å². The number of aldehydes is 1. The third-order valence-electron chi connectivity index (χ3n) is 5.79. The van der Waals surface area contributed by atoms with Crippen molar-refractivity contribution in [3.05, 3.63) is 36.1 Å². The second-order valence-corrected chi connectivity index (χ2v) is 7.70.